The molecule has 0 saturated heterocycles. The van der Waals surface area contributed by atoms with Crippen molar-refractivity contribution in [1.82, 2.24) is 0 Å². The van der Waals surface area contributed by atoms with Crippen LogP contribution in [0.2, 0.25) is 0 Å². The Balaban J connectivity index is 1.07. The van der Waals surface area contributed by atoms with E-state index in [-0.39, 0.29) is 18.3 Å². The van der Waals surface area contributed by atoms with Gasteiger partial charge in [-0.1, -0.05) is 95.5 Å². The summed E-state index contributed by atoms with van der Waals surface area (Å²) in [6.07, 6.45) is 23.3. The van der Waals surface area contributed by atoms with Crippen molar-refractivity contribution in [1.29, 1.82) is 0 Å². The first-order valence-electron chi connectivity index (χ1n) is 17.7. The molecule has 232 valence electrons. The van der Waals surface area contributed by atoms with Gasteiger partial charge in [-0.3, -0.25) is 0 Å². The van der Waals surface area contributed by atoms with Gasteiger partial charge in [-0.15, -0.1) is 0 Å². The Morgan fingerprint density at radius 3 is 1.83 bits per heavy atom. The van der Waals surface area contributed by atoms with Gasteiger partial charge in [0, 0.05) is 0 Å². The lowest BCUT2D eigenvalue weighted by Crippen LogP contribution is -2.25. The molecule has 2 aromatic carbocycles. The Morgan fingerprint density at radius 1 is 0.595 bits per heavy atom. The highest BCUT2D eigenvalue weighted by Crippen LogP contribution is 2.45. The summed E-state index contributed by atoms with van der Waals surface area (Å²) in [6, 6.07) is 12.1. The minimum absolute atomic E-state index is 0.0237. The summed E-state index contributed by atoms with van der Waals surface area (Å²) in [5.41, 5.74) is 2.96. The predicted octanol–water partition coefficient (Wildman–Crippen LogP) is 12.3. The van der Waals surface area contributed by atoms with Gasteiger partial charge in [-0.2, -0.15) is 4.39 Å². The van der Waals surface area contributed by atoms with Gasteiger partial charge >= 0.3 is 0 Å². The van der Waals surface area contributed by atoms with E-state index in [4.69, 9.17) is 4.74 Å². The summed E-state index contributed by atoms with van der Waals surface area (Å²) in [6.45, 7) is 4.82. The van der Waals surface area contributed by atoms with E-state index in [1.54, 1.807) is 12.1 Å². The minimum Gasteiger partial charge on any atom is -0.486 e. The number of hydrogen-bond donors (Lipinski definition) is 0. The highest BCUT2D eigenvalue weighted by Gasteiger charge is 2.31. The van der Waals surface area contributed by atoms with E-state index in [1.807, 2.05) is 0 Å². The molecule has 2 aromatic rings. The molecule has 5 rings (SSSR count). The first kappa shape index (κ1) is 31.5. The maximum Gasteiger partial charge on any atom is 0.200 e. The van der Waals surface area contributed by atoms with Crippen molar-refractivity contribution in [2.75, 3.05) is 0 Å². The van der Waals surface area contributed by atoms with E-state index in [0.29, 0.717) is 11.5 Å². The predicted molar refractivity (Wildman–Crippen MR) is 171 cm³/mol. The summed E-state index contributed by atoms with van der Waals surface area (Å²) >= 11 is 0. The third-order valence-corrected chi connectivity index (χ3v) is 11.5. The fourth-order valence-corrected chi connectivity index (χ4v) is 8.75. The molecule has 0 radical (unpaired) electrons. The van der Waals surface area contributed by atoms with Crippen LogP contribution in [0.5, 0.6) is 5.75 Å². The zero-order valence-electron chi connectivity index (χ0n) is 26.5. The molecule has 0 heterocycles. The summed E-state index contributed by atoms with van der Waals surface area (Å²) < 4.78 is 35.9. The van der Waals surface area contributed by atoms with Crippen LogP contribution in [0, 0.1) is 35.3 Å². The molecular weight excluding hydrogens is 522 g/mol. The Labute approximate surface area is 255 Å². The maximum atomic E-state index is 15.1. The molecule has 0 atom stereocenters. The van der Waals surface area contributed by atoms with Crippen LogP contribution in [0.3, 0.4) is 0 Å². The van der Waals surface area contributed by atoms with Crippen LogP contribution in [-0.2, 0) is 6.61 Å². The lowest BCUT2D eigenvalue weighted by Gasteiger charge is -2.38. The average Bonchev–Trinajstić information content (AvgIpc) is 3.03. The van der Waals surface area contributed by atoms with Gasteiger partial charge < -0.3 is 4.74 Å². The Kier molecular flexibility index (Phi) is 11.8. The van der Waals surface area contributed by atoms with E-state index < -0.39 is 11.6 Å². The maximum absolute atomic E-state index is 15.1. The van der Waals surface area contributed by atoms with Crippen molar-refractivity contribution < 1.29 is 13.5 Å². The molecule has 42 heavy (non-hydrogen) atoms. The van der Waals surface area contributed by atoms with Gasteiger partial charge in [0.1, 0.15) is 6.61 Å². The smallest absolute Gasteiger partial charge is 0.200 e. The highest BCUT2D eigenvalue weighted by molar-refractivity contribution is 5.34. The molecule has 0 amide bonds. The third kappa shape index (κ3) is 8.17. The number of hydrogen-bond acceptors (Lipinski definition) is 1. The van der Waals surface area contributed by atoms with Crippen LogP contribution in [0.4, 0.5) is 8.78 Å². The van der Waals surface area contributed by atoms with Crippen LogP contribution in [-0.4, -0.2) is 0 Å². The zero-order chi connectivity index (χ0) is 29.3. The molecule has 0 bridgehead atoms. The van der Waals surface area contributed by atoms with Gasteiger partial charge in [0.25, 0.3) is 0 Å². The number of benzene rings is 2. The Morgan fingerprint density at radius 2 is 1.19 bits per heavy atom. The van der Waals surface area contributed by atoms with Crippen LogP contribution >= 0.6 is 0 Å². The van der Waals surface area contributed by atoms with Gasteiger partial charge in [0.2, 0.25) is 5.82 Å². The fourth-order valence-electron chi connectivity index (χ4n) is 8.75. The quantitative estimate of drug-likeness (QED) is 0.228. The van der Waals surface area contributed by atoms with Crippen LogP contribution < -0.4 is 4.74 Å². The van der Waals surface area contributed by atoms with E-state index in [2.05, 4.69) is 38.1 Å². The van der Waals surface area contributed by atoms with Crippen molar-refractivity contribution in [3.63, 3.8) is 0 Å². The molecule has 3 saturated carbocycles. The molecule has 1 nitrogen and oxygen atoms in total. The summed E-state index contributed by atoms with van der Waals surface area (Å²) in [5.74, 6) is 2.91. The topological polar surface area (TPSA) is 9.23 Å². The second-order valence-corrected chi connectivity index (χ2v) is 14.2. The monoisotopic (exact) mass is 578 g/mol. The van der Waals surface area contributed by atoms with Crippen LogP contribution in [0.25, 0.3) is 0 Å². The van der Waals surface area contributed by atoms with E-state index in [9.17, 15) is 0 Å². The fraction of sp³-hybridized carbons (Fsp3) is 0.692. The molecule has 0 unspecified atom stereocenters. The average molecular weight is 579 g/mol. The second-order valence-electron chi connectivity index (χ2n) is 14.2. The molecule has 3 aliphatic rings. The highest BCUT2D eigenvalue weighted by atomic mass is 19.2. The summed E-state index contributed by atoms with van der Waals surface area (Å²) in [4.78, 5) is 0. The molecule has 0 aliphatic heterocycles. The lowest BCUT2D eigenvalue weighted by atomic mass is 9.68. The molecule has 3 fully saturated rings. The minimum atomic E-state index is -0.829. The van der Waals surface area contributed by atoms with Crippen molar-refractivity contribution in [3.8, 4) is 5.75 Å². The second kappa shape index (κ2) is 15.7. The molecular formula is C39H56F2O. The number of halogens is 2. The van der Waals surface area contributed by atoms with E-state index in [1.165, 1.54) is 95.5 Å². The SMILES string of the molecule is CCCCC[C@H]1CC[C@H](c2ccc(OCc3ccc([C@H]4CC[C@H]([C@H]5CC[C@H](CCC)CC5)CC4)cc3)c(F)c2F)CC1. The molecule has 0 aromatic heterocycles. The van der Waals surface area contributed by atoms with Gasteiger partial charge in [0.05, 0.1) is 0 Å². The normalized spacial score (nSPS) is 28.5. The van der Waals surface area contributed by atoms with Crippen molar-refractivity contribution in [3.05, 3.63) is 64.7 Å². The van der Waals surface area contributed by atoms with E-state index >= 15 is 8.78 Å². The molecule has 3 aliphatic carbocycles. The molecule has 0 spiro atoms. The number of ether oxygens (including phenoxy) is 1. The zero-order valence-corrected chi connectivity index (χ0v) is 26.5. The Bertz CT molecular complexity index is 1070. The molecule has 0 N–H and O–H groups in total. The lowest BCUT2D eigenvalue weighted by molar-refractivity contribution is 0.156. The first-order valence-corrected chi connectivity index (χ1v) is 17.7. The Hall–Kier alpha value is -1.90. The van der Waals surface area contributed by atoms with Gasteiger partial charge in [-0.25, -0.2) is 4.39 Å². The van der Waals surface area contributed by atoms with Crippen LogP contribution in [0.1, 0.15) is 158 Å². The van der Waals surface area contributed by atoms with Crippen molar-refractivity contribution in [2.24, 2.45) is 23.7 Å². The number of unbranched alkanes of at least 4 members (excludes halogenated alkanes) is 2. The number of rotatable bonds is 12. The van der Waals surface area contributed by atoms with Crippen molar-refractivity contribution in [2.45, 2.75) is 148 Å². The van der Waals surface area contributed by atoms with Crippen LogP contribution in [0.15, 0.2) is 36.4 Å². The largest absolute Gasteiger partial charge is 0.486 e. The molecule has 3 heteroatoms. The third-order valence-electron chi connectivity index (χ3n) is 11.5. The van der Waals surface area contributed by atoms with Crippen molar-refractivity contribution >= 4 is 0 Å². The summed E-state index contributed by atoms with van der Waals surface area (Å²) in [7, 11) is 0. The summed E-state index contributed by atoms with van der Waals surface area (Å²) in [5, 5.41) is 0. The first-order chi connectivity index (χ1) is 20.6. The van der Waals surface area contributed by atoms with Gasteiger partial charge in [-0.05, 0) is 122 Å². The standard InChI is InChI=1S/C39H56F2O/c1-3-5-6-8-29-11-19-35(20-12-29)36-25-26-37(39(41)38(36)40)42-27-30-13-17-32(18-14-30)34-23-21-33(22-24-34)31-15-9-28(7-4-2)10-16-31/h13-14,17-18,25-26,28-29,31,33-35H,3-12,15-16,19-24,27H2,1-2H3/t28-,29-,31-,33-,34-,35-. The van der Waals surface area contributed by atoms with E-state index in [0.717, 1.165) is 54.9 Å². The van der Waals surface area contributed by atoms with Gasteiger partial charge in [0.15, 0.2) is 11.6 Å².